The number of benzene rings is 1. The number of anilines is 1. The highest BCUT2D eigenvalue weighted by atomic mass is 35.5. The molecule has 1 aromatic carbocycles. The average molecular weight is 400 g/mol. The Morgan fingerprint density at radius 3 is 2.89 bits per heavy atom. The third-order valence-corrected chi connectivity index (χ3v) is 6.04. The van der Waals surface area contributed by atoms with Crippen LogP contribution in [0.1, 0.15) is 45.8 Å². The monoisotopic (exact) mass is 399 g/mol. The van der Waals surface area contributed by atoms with Crippen LogP contribution in [-0.2, 0) is 11.2 Å². The van der Waals surface area contributed by atoms with Gasteiger partial charge in [-0.25, -0.2) is 4.68 Å². The number of amides is 1. The first-order chi connectivity index (χ1) is 13.0. The smallest absolute Gasteiger partial charge is 0.226 e. The number of aromatic nitrogens is 2. The van der Waals surface area contributed by atoms with Gasteiger partial charge in [0, 0.05) is 12.0 Å². The second kappa shape index (κ2) is 6.94. The topological polar surface area (TPSA) is 64.0 Å². The maximum absolute atomic E-state index is 13.1. The minimum absolute atomic E-state index is 0.0899. The molecule has 0 saturated carbocycles. The fourth-order valence-corrected chi connectivity index (χ4v) is 4.52. The summed E-state index contributed by atoms with van der Waals surface area (Å²) in [6, 6.07) is 11.4. The molecule has 1 unspecified atom stereocenters. The van der Waals surface area contributed by atoms with Crippen molar-refractivity contribution in [2.24, 2.45) is 0 Å². The Kier molecular flexibility index (Phi) is 4.61. The summed E-state index contributed by atoms with van der Waals surface area (Å²) in [6.45, 7) is 3.96. The molecule has 2 aromatic heterocycles. The molecule has 0 saturated heterocycles. The van der Waals surface area contributed by atoms with Gasteiger partial charge in [-0.3, -0.25) is 9.59 Å². The predicted octanol–water partition coefficient (Wildman–Crippen LogP) is 4.77. The lowest BCUT2D eigenvalue weighted by atomic mass is 9.87. The minimum Gasteiger partial charge on any atom is -0.310 e. The molecule has 0 spiro atoms. The van der Waals surface area contributed by atoms with E-state index in [1.807, 2.05) is 25.1 Å². The van der Waals surface area contributed by atoms with E-state index in [9.17, 15) is 9.59 Å². The predicted molar refractivity (Wildman–Crippen MR) is 107 cm³/mol. The number of thiophene rings is 1. The summed E-state index contributed by atoms with van der Waals surface area (Å²) in [5.41, 5.74) is 3.57. The first kappa shape index (κ1) is 17.9. The van der Waals surface area contributed by atoms with Gasteiger partial charge in [-0.15, -0.1) is 11.3 Å². The van der Waals surface area contributed by atoms with Crippen LogP contribution in [0.2, 0.25) is 4.34 Å². The van der Waals surface area contributed by atoms with E-state index in [0.29, 0.717) is 15.0 Å². The number of aryl methyl sites for hydroxylation is 2. The molecule has 0 aliphatic carbocycles. The second-order valence-corrected chi connectivity index (χ2v) is 8.27. The second-order valence-electron chi connectivity index (χ2n) is 6.56. The molecule has 0 bridgehead atoms. The minimum atomic E-state index is -0.549. The number of halogens is 1. The van der Waals surface area contributed by atoms with Crippen molar-refractivity contribution >= 4 is 40.4 Å². The fourth-order valence-electron chi connectivity index (χ4n) is 3.48. The molecule has 27 heavy (non-hydrogen) atoms. The Labute approximate surface area is 166 Å². The molecule has 3 heterocycles. The largest absolute Gasteiger partial charge is 0.310 e. The lowest BCUT2D eigenvalue weighted by Crippen LogP contribution is -2.28. The summed E-state index contributed by atoms with van der Waals surface area (Å²) in [6.07, 6.45) is 1.02. The highest BCUT2D eigenvalue weighted by Gasteiger charge is 2.36. The van der Waals surface area contributed by atoms with Crippen molar-refractivity contribution in [1.82, 2.24) is 9.78 Å². The Bertz CT molecular complexity index is 1050. The van der Waals surface area contributed by atoms with Gasteiger partial charge < -0.3 is 5.32 Å². The van der Waals surface area contributed by atoms with Gasteiger partial charge in [0.2, 0.25) is 5.91 Å². The molecular weight excluding hydrogens is 382 g/mol. The maximum atomic E-state index is 13.1. The lowest BCUT2D eigenvalue weighted by molar-refractivity contribution is -0.116. The van der Waals surface area contributed by atoms with E-state index in [2.05, 4.69) is 23.4 Å². The summed E-state index contributed by atoms with van der Waals surface area (Å²) in [5.74, 6) is -0.242. The molecule has 1 N–H and O–H groups in total. The molecule has 3 aromatic rings. The third-order valence-electron chi connectivity index (χ3n) is 4.80. The zero-order valence-electron chi connectivity index (χ0n) is 15.0. The molecule has 5 nitrogen and oxygen atoms in total. The van der Waals surface area contributed by atoms with Crippen molar-refractivity contribution in [3.63, 3.8) is 0 Å². The van der Waals surface area contributed by atoms with E-state index in [-0.39, 0.29) is 18.1 Å². The first-order valence-corrected chi connectivity index (χ1v) is 9.95. The Hall–Kier alpha value is -2.44. The number of hydrogen-bond donors (Lipinski definition) is 1. The van der Waals surface area contributed by atoms with Gasteiger partial charge in [0.1, 0.15) is 5.82 Å². The van der Waals surface area contributed by atoms with Crippen LogP contribution in [0.3, 0.4) is 0 Å². The summed E-state index contributed by atoms with van der Waals surface area (Å²) < 4.78 is 2.28. The van der Waals surface area contributed by atoms with Crippen molar-refractivity contribution in [3.05, 3.63) is 62.4 Å². The number of nitrogens with zero attached hydrogens (tertiary/aromatic N) is 2. The number of ketones is 1. The van der Waals surface area contributed by atoms with Crippen LogP contribution in [0.25, 0.3) is 5.69 Å². The average Bonchev–Trinajstić information content (AvgIpc) is 3.24. The molecular formula is C20H18ClN3O2S. The number of carbonyl (C=O) groups excluding carboxylic acids is 2. The van der Waals surface area contributed by atoms with E-state index in [0.717, 1.165) is 23.4 Å². The summed E-state index contributed by atoms with van der Waals surface area (Å²) in [4.78, 5) is 26.0. The van der Waals surface area contributed by atoms with Gasteiger partial charge in [0.05, 0.1) is 26.5 Å². The van der Waals surface area contributed by atoms with Crippen LogP contribution >= 0.6 is 22.9 Å². The van der Waals surface area contributed by atoms with Crippen molar-refractivity contribution in [1.29, 1.82) is 0 Å². The van der Waals surface area contributed by atoms with E-state index in [1.165, 1.54) is 16.9 Å². The molecule has 0 radical (unpaired) electrons. The van der Waals surface area contributed by atoms with Crippen molar-refractivity contribution < 1.29 is 9.59 Å². The van der Waals surface area contributed by atoms with E-state index in [1.54, 1.807) is 16.8 Å². The van der Waals surface area contributed by atoms with E-state index in [4.69, 9.17) is 11.6 Å². The van der Waals surface area contributed by atoms with Crippen molar-refractivity contribution in [2.45, 2.75) is 32.6 Å². The maximum Gasteiger partial charge on any atom is 0.226 e. The molecule has 1 aliphatic heterocycles. The number of rotatable bonds is 4. The molecule has 4 rings (SSSR count). The molecule has 7 heteroatoms. The number of hydrogen-bond acceptors (Lipinski definition) is 4. The Balaban J connectivity index is 1.82. The zero-order valence-corrected chi connectivity index (χ0v) is 16.5. The molecule has 0 fully saturated rings. The van der Waals surface area contributed by atoms with Crippen LogP contribution < -0.4 is 5.32 Å². The molecule has 1 atom stereocenters. The summed E-state index contributed by atoms with van der Waals surface area (Å²) in [5, 5.41) is 7.54. The van der Waals surface area contributed by atoms with Crippen LogP contribution in [0.4, 0.5) is 5.82 Å². The van der Waals surface area contributed by atoms with Gasteiger partial charge in [-0.2, -0.15) is 5.10 Å². The van der Waals surface area contributed by atoms with Gasteiger partial charge in [0.25, 0.3) is 0 Å². The normalized spacial score (nSPS) is 16.1. The molecule has 1 aliphatic rings. The standard InChI is InChI=1S/C20H18ClN3O2S/c1-3-12-5-4-6-13(9-12)24-20-18(11(2)23-24)14(10-17(25)22-20)19(26)15-7-8-16(21)27-15/h4-9,14H,3,10H2,1-2H3,(H,22,25). The number of nitrogens with one attached hydrogen (secondary N) is 1. The van der Waals surface area contributed by atoms with E-state index < -0.39 is 5.92 Å². The van der Waals surface area contributed by atoms with Gasteiger partial charge in [0.15, 0.2) is 5.78 Å². The third kappa shape index (κ3) is 3.19. The van der Waals surface area contributed by atoms with E-state index >= 15 is 0 Å². The Morgan fingerprint density at radius 1 is 1.37 bits per heavy atom. The summed E-state index contributed by atoms with van der Waals surface area (Å²) in [7, 11) is 0. The fraction of sp³-hybridized carbons (Fsp3) is 0.250. The zero-order chi connectivity index (χ0) is 19.1. The number of fused-ring (bicyclic) bond motifs is 1. The first-order valence-electron chi connectivity index (χ1n) is 8.76. The van der Waals surface area contributed by atoms with Crippen LogP contribution in [0.5, 0.6) is 0 Å². The lowest BCUT2D eigenvalue weighted by Gasteiger charge is -2.22. The van der Waals surface area contributed by atoms with Crippen LogP contribution in [0.15, 0.2) is 36.4 Å². The van der Waals surface area contributed by atoms with Crippen molar-refractivity contribution in [2.75, 3.05) is 5.32 Å². The van der Waals surface area contributed by atoms with Gasteiger partial charge in [-0.05, 0) is 43.2 Å². The highest BCUT2D eigenvalue weighted by Crippen LogP contribution is 2.39. The number of Topliss-reactive ketones (excluding diaryl/α,β-unsaturated/α-hetero) is 1. The number of carbonyl (C=O) groups is 2. The molecule has 138 valence electrons. The summed E-state index contributed by atoms with van der Waals surface area (Å²) >= 11 is 7.22. The highest BCUT2D eigenvalue weighted by molar-refractivity contribution is 7.18. The van der Waals surface area contributed by atoms with Gasteiger partial charge in [-0.1, -0.05) is 30.7 Å². The quantitative estimate of drug-likeness (QED) is 0.643. The van der Waals surface area contributed by atoms with Crippen molar-refractivity contribution in [3.8, 4) is 5.69 Å². The van der Waals surface area contributed by atoms with Crippen LogP contribution in [-0.4, -0.2) is 21.5 Å². The van der Waals surface area contributed by atoms with Gasteiger partial charge >= 0.3 is 0 Å². The SMILES string of the molecule is CCc1cccc(-n2nc(C)c3c2NC(=O)CC3C(=O)c2ccc(Cl)s2)c1. The van der Waals surface area contributed by atoms with Crippen LogP contribution in [0, 0.1) is 6.92 Å². The molecule has 1 amide bonds. The Morgan fingerprint density at radius 2 is 2.19 bits per heavy atom.